The van der Waals surface area contributed by atoms with Gasteiger partial charge in [-0.2, -0.15) is 0 Å². The van der Waals surface area contributed by atoms with E-state index in [1.54, 1.807) is 36.7 Å². The molecule has 2 aromatic rings. The van der Waals surface area contributed by atoms with E-state index in [1.807, 2.05) is 6.07 Å². The lowest BCUT2D eigenvalue weighted by Gasteiger charge is -2.08. The van der Waals surface area contributed by atoms with Gasteiger partial charge in [0, 0.05) is 23.8 Å². The van der Waals surface area contributed by atoms with Crippen LogP contribution in [0.15, 0.2) is 42.7 Å². The first-order valence-corrected chi connectivity index (χ1v) is 6.13. The van der Waals surface area contributed by atoms with Crippen molar-refractivity contribution in [3.63, 3.8) is 0 Å². The van der Waals surface area contributed by atoms with E-state index in [9.17, 15) is 9.82 Å². The number of nitrogens with one attached hydrogen (secondary N) is 2. The van der Waals surface area contributed by atoms with Gasteiger partial charge in [-0.25, -0.2) is 4.79 Å². The number of nitrogens with zero attached hydrogens (tertiary/aromatic N) is 1. The highest BCUT2D eigenvalue weighted by atomic mass is 16.5. The van der Waals surface area contributed by atoms with Crippen molar-refractivity contribution in [2.45, 2.75) is 6.61 Å². The Morgan fingerprint density at radius 3 is 2.75 bits per heavy atom. The van der Waals surface area contributed by atoms with E-state index in [2.05, 4.69) is 15.6 Å². The first-order valence-electron chi connectivity index (χ1n) is 6.13. The Bertz CT molecular complexity index is 636. The summed E-state index contributed by atoms with van der Waals surface area (Å²) >= 11 is 0. The molecule has 100 valence electrons. The summed E-state index contributed by atoms with van der Waals surface area (Å²) in [6.07, 6.45) is 3.19. The molecule has 1 aromatic carbocycles. The van der Waals surface area contributed by atoms with Gasteiger partial charge in [0.15, 0.2) is 0 Å². The summed E-state index contributed by atoms with van der Waals surface area (Å²) in [5, 5.41) is 15.0. The number of fused-ring (bicyclic) bond motifs is 1. The van der Waals surface area contributed by atoms with Crippen LogP contribution in [0, 0.1) is 0 Å². The van der Waals surface area contributed by atoms with Crippen molar-refractivity contribution in [2.24, 2.45) is 0 Å². The van der Waals surface area contributed by atoms with Gasteiger partial charge in [0.2, 0.25) is 0 Å². The number of carbonyl (C=O) groups excluding carboxylic acids is 1. The standard InChI is InChI=1S/C13H12BN3O3/c18-13(16-10-3-5-15-6-4-10)17-11-2-1-9-8-20-14(19)12(9)7-11/h1-7,19H,8H2,(H2,15,16,17,18). The Morgan fingerprint density at radius 2 is 1.95 bits per heavy atom. The van der Waals surface area contributed by atoms with Gasteiger partial charge in [-0.05, 0) is 35.3 Å². The Hall–Kier alpha value is -2.38. The minimum atomic E-state index is -0.921. The highest BCUT2D eigenvalue weighted by Crippen LogP contribution is 2.15. The second-order valence-electron chi connectivity index (χ2n) is 4.39. The first kappa shape index (κ1) is 12.6. The normalized spacial score (nSPS) is 12.9. The number of rotatable bonds is 2. The van der Waals surface area contributed by atoms with Crippen molar-refractivity contribution in [3.8, 4) is 0 Å². The van der Waals surface area contributed by atoms with Gasteiger partial charge in [-0.1, -0.05) is 6.07 Å². The lowest BCUT2D eigenvalue weighted by Crippen LogP contribution is -2.29. The molecule has 1 aliphatic heterocycles. The summed E-state index contributed by atoms with van der Waals surface area (Å²) < 4.78 is 5.10. The Morgan fingerprint density at radius 1 is 1.20 bits per heavy atom. The fraction of sp³-hybridized carbons (Fsp3) is 0.0769. The Kier molecular flexibility index (Phi) is 3.36. The molecule has 3 N–H and O–H groups in total. The predicted octanol–water partition coefficient (Wildman–Crippen LogP) is 0.943. The van der Waals surface area contributed by atoms with Crippen molar-refractivity contribution >= 4 is 30.0 Å². The molecular formula is C13H12BN3O3. The minimum Gasteiger partial charge on any atom is -0.423 e. The van der Waals surface area contributed by atoms with Crippen LogP contribution in [0.25, 0.3) is 0 Å². The summed E-state index contributed by atoms with van der Waals surface area (Å²) in [5.74, 6) is 0. The zero-order valence-electron chi connectivity index (χ0n) is 10.5. The number of carbonyl (C=O) groups is 1. The molecule has 1 aromatic heterocycles. The molecule has 0 saturated carbocycles. The molecule has 0 bridgehead atoms. The van der Waals surface area contributed by atoms with Crippen molar-refractivity contribution in [1.29, 1.82) is 0 Å². The molecule has 2 amide bonds. The summed E-state index contributed by atoms with van der Waals surface area (Å²) in [6.45, 7) is 0.389. The van der Waals surface area contributed by atoms with Crippen LogP contribution in [0.1, 0.15) is 5.56 Å². The maximum atomic E-state index is 11.8. The maximum absolute atomic E-state index is 11.8. The fourth-order valence-electron chi connectivity index (χ4n) is 2.02. The van der Waals surface area contributed by atoms with Gasteiger partial charge in [0.25, 0.3) is 0 Å². The lowest BCUT2D eigenvalue weighted by molar-refractivity contribution is 0.262. The van der Waals surface area contributed by atoms with Crippen molar-refractivity contribution < 1.29 is 14.5 Å². The number of aromatic nitrogens is 1. The molecular weight excluding hydrogens is 257 g/mol. The van der Waals surface area contributed by atoms with Crippen LogP contribution in [0.2, 0.25) is 0 Å². The van der Waals surface area contributed by atoms with Gasteiger partial charge in [-0.3, -0.25) is 4.98 Å². The smallest absolute Gasteiger partial charge is 0.423 e. The largest absolute Gasteiger partial charge is 0.491 e. The minimum absolute atomic E-state index is 0.357. The van der Waals surface area contributed by atoms with Crippen LogP contribution in [0.5, 0.6) is 0 Å². The number of pyridine rings is 1. The van der Waals surface area contributed by atoms with Gasteiger partial charge in [-0.15, -0.1) is 0 Å². The number of hydrogen-bond acceptors (Lipinski definition) is 4. The Balaban J connectivity index is 1.69. The van der Waals surface area contributed by atoms with Gasteiger partial charge in [0.05, 0.1) is 6.61 Å². The van der Waals surface area contributed by atoms with Crippen LogP contribution in [-0.2, 0) is 11.3 Å². The van der Waals surface area contributed by atoms with E-state index >= 15 is 0 Å². The third kappa shape index (κ3) is 2.63. The number of urea groups is 1. The molecule has 0 unspecified atom stereocenters. The SMILES string of the molecule is O=C(Nc1ccncc1)Nc1ccc2c(c1)B(O)OC2. The molecule has 6 nitrogen and oxygen atoms in total. The summed E-state index contributed by atoms with van der Waals surface area (Å²) in [6, 6.07) is 8.34. The summed E-state index contributed by atoms with van der Waals surface area (Å²) in [4.78, 5) is 15.7. The topological polar surface area (TPSA) is 83.5 Å². The molecule has 0 aliphatic carbocycles. The molecule has 0 atom stereocenters. The first-order chi connectivity index (χ1) is 9.72. The highest BCUT2D eigenvalue weighted by Gasteiger charge is 2.27. The van der Waals surface area contributed by atoms with E-state index in [4.69, 9.17) is 4.65 Å². The second kappa shape index (κ2) is 5.32. The van der Waals surface area contributed by atoms with Gasteiger partial charge >= 0.3 is 13.1 Å². The summed E-state index contributed by atoms with van der Waals surface area (Å²) in [5.41, 5.74) is 2.87. The van der Waals surface area contributed by atoms with Gasteiger partial charge < -0.3 is 20.3 Å². The molecule has 0 saturated heterocycles. The number of amides is 2. The monoisotopic (exact) mass is 269 g/mol. The zero-order valence-corrected chi connectivity index (χ0v) is 10.5. The molecule has 0 spiro atoms. The van der Waals surface area contributed by atoms with E-state index < -0.39 is 7.12 Å². The average Bonchev–Trinajstić information content (AvgIpc) is 2.81. The highest BCUT2D eigenvalue weighted by molar-refractivity contribution is 6.61. The maximum Gasteiger partial charge on any atom is 0.491 e. The molecule has 2 heterocycles. The van der Waals surface area contributed by atoms with E-state index in [0.717, 1.165) is 5.56 Å². The quantitative estimate of drug-likeness (QED) is 0.708. The van der Waals surface area contributed by atoms with Crippen LogP contribution >= 0.6 is 0 Å². The average molecular weight is 269 g/mol. The van der Waals surface area contributed by atoms with Crippen LogP contribution < -0.4 is 16.1 Å². The second-order valence-corrected chi connectivity index (χ2v) is 4.39. The summed E-state index contributed by atoms with van der Waals surface area (Å²) in [7, 11) is -0.921. The number of anilines is 2. The van der Waals surface area contributed by atoms with E-state index in [0.29, 0.717) is 23.4 Å². The molecule has 7 heteroatoms. The zero-order chi connectivity index (χ0) is 13.9. The number of benzene rings is 1. The third-order valence-electron chi connectivity index (χ3n) is 3.00. The van der Waals surface area contributed by atoms with E-state index in [1.165, 1.54) is 0 Å². The molecule has 20 heavy (non-hydrogen) atoms. The molecule has 0 radical (unpaired) electrons. The fourth-order valence-corrected chi connectivity index (χ4v) is 2.02. The van der Waals surface area contributed by atoms with Crippen LogP contribution in [0.3, 0.4) is 0 Å². The number of hydrogen-bond donors (Lipinski definition) is 3. The third-order valence-corrected chi connectivity index (χ3v) is 3.00. The van der Waals surface area contributed by atoms with E-state index in [-0.39, 0.29) is 6.03 Å². The van der Waals surface area contributed by atoms with Crippen molar-refractivity contribution in [2.75, 3.05) is 10.6 Å². The predicted molar refractivity (Wildman–Crippen MR) is 75.7 cm³/mol. The molecule has 1 aliphatic rings. The van der Waals surface area contributed by atoms with Gasteiger partial charge in [0.1, 0.15) is 0 Å². The van der Waals surface area contributed by atoms with Crippen molar-refractivity contribution in [1.82, 2.24) is 4.98 Å². The van der Waals surface area contributed by atoms with Crippen LogP contribution in [0.4, 0.5) is 16.2 Å². The lowest BCUT2D eigenvalue weighted by atomic mass is 9.79. The molecule has 0 fully saturated rings. The molecule has 3 rings (SSSR count). The van der Waals surface area contributed by atoms with Crippen LogP contribution in [-0.4, -0.2) is 23.2 Å². The van der Waals surface area contributed by atoms with Crippen molar-refractivity contribution in [3.05, 3.63) is 48.3 Å². The Labute approximate surface area is 115 Å².